The second kappa shape index (κ2) is 6.41. The molecule has 4 nitrogen and oxygen atoms in total. The summed E-state index contributed by atoms with van der Waals surface area (Å²) < 4.78 is 12.8. The summed E-state index contributed by atoms with van der Waals surface area (Å²) in [6.07, 6.45) is 1.51. The van der Waals surface area contributed by atoms with Crippen LogP contribution < -0.4 is 5.32 Å². The second-order valence-electron chi connectivity index (χ2n) is 4.60. The number of halogens is 1. The monoisotopic (exact) mass is 333 g/mol. The van der Waals surface area contributed by atoms with Gasteiger partial charge in [-0.1, -0.05) is 11.8 Å². The van der Waals surface area contributed by atoms with Gasteiger partial charge in [0.2, 0.25) is 5.91 Å². The molecule has 22 heavy (non-hydrogen) atoms. The molecule has 0 aliphatic rings. The number of carbonyl (C=O) groups excluding carboxylic acids is 1. The molecule has 0 spiro atoms. The van der Waals surface area contributed by atoms with Crippen LogP contribution in [0.3, 0.4) is 0 Å². The minimum Gasteiger partial charge on any atom is -0.325 e. The van der Waals surface area contributed by atoms with Crippen LogP contribution in [0.25, 0.3) is 10.2 Å². The molecule has 0 aliphatic carbocycles. The van der Waals surface area contributed by atoms with Gasteiger partial charge in [-0.05, 0) is 37.3 Å². The third-order valence-corrected chi connectivity index (χ3v) is 4.85. The van der Waals surface area contributed by atoms with Crippen molar-refractivity contribution in [3.8, 4) is 0 Å². The number of thioether (sulfide) groups is 1. The molecule has 0 atom stereocenters. The van der Waals surface area contributed by atoms with Crippen molar-refractivity contribution in [2.45, 2.75) is 11.9 Å². The molecule has 112 valence electrons. The maximum Gasteiger partial charge on any atom is 0.234 e. The SMILES string of the molecule is Cc1cc2c(SCC(=O)Nc3ccc(F)cc3)ncnc2s1. The average molecular weight is 333 g/mol. The molecule has 0 fully saturated rings. The summed E-state index contributed by atoms with van der Waals surface area (Å²) in [5.74, 6) is -0.253. The maximum absolute atomic E-state index is 12.8. The molecule has 0 unspecified atom stereocenters. The van der Waals surface area contributed by atoms with Gasteiger partial charge in [-0.15, -0.1) is 11.3 Å². The van der Waals surface area contributed by atoms with Crippen LogP contribution in [0.1, 0.15) is 4.88 Å². The highest BCUT2D eigenvalue weighted by Gasteiger charge is 2.10. The summed E-state index contributed by atoms with van der Waals surface area (Å²) in [6.45, 7) is 2.02. The number of carbonyl (C=O) groups is 1. The minimum atomic E-state index is -0.330. The number of nitrogens with zero attached hydrogens (tertiary/aromatic N) is 2. The van der Waals surface area contributed by atoms with Gasteiger partial charge in [-0.2, -0.15) is 0 Å². The lowest BCUT2D eigenvalue weighted by molar-refractivity contribution is -0.113. The van der Waals surface area contributed by atoms with Crippen LogP contribution in [0.15, 0.2) is 41.7 Å². The van der Waals surface area contributed by atoms with E-state index in [0.717, 1.165) is 20.1 Å². The number of anilines is 1. The topological polar surface area (TPSA) is 54.9 Å². The van der Waals surface area contributed by atoms with Crippen LogP contribution in [0, 0.1) is 12.7 Å². The maximum atomic E-state index is 12.8. The molecule has 3 aromatic rings. The van der Waals surface area contributed by atoms with Crippen LogP contribution in [0.5, 0.6) is 0 Å². The fourth-order valence-corrected chi connectivity index (χ4v) is 3.62. The molecule has 7 heteroatoms. The van der Waals surface area contributed by atoms with E-state index in [0.29, 0.717) is 5.69 Å². The summed E-state index contributed by atoms with van der Waals surface area (Å²) in [4.78, 5) is 22.5. The molecule has 0 radical (unpaired) electrons. The average Bonchev–Trinajstić information content (AvgIpc) is 2.88. The molecule has 3 rings (SSSR count). The number of thiophene rings is 1. The highest BCUT2D eigenvalue weighted by Crippen LogP contribution is 2.30. The normalized spacial score (nSPS) is 10.8. The predicted octanol–water partition coefficient (Wildman–Crippen LogP) is 3.87. The van der Waals surface area contributed by atoms with Crippen molar-refractivity contribution < 1.29 is 9.18 Å². The second-order valence-corrected chi connectivity index (χ2v) is 6.80. The van der Waals surface area contributed by atoms with Crippen LogP contribution in [0.4, 0.5) is 10.1 Å². The molecule has 1 N–H and O–H groups in total. The molecular weight excluding hydrogens is 321 g/mol. The van der Waals surface area contributed by atoms with E-state index >= 15 is 0 Å². The Balaban J connectivity index is 1.66. The first-order valence-corrected chi connectivity index (χ1v) is 8.31. The fourth-order valence-electron chi connectivity index (χ4n) is 1.93. The lowest BCUT2D eigenvalue weighted by Gasteiger charge is -2.05. The van der Waals surface area contributed by atoms with Gasteiger partial charge in [0.25, 0.3) is 0 Å². The van der Waals surface area contributed by atoms with Gasteiger partial charge >= 0.3 is 0 Å². The smallest absolute Gasteiger partial charge is 0.234 e. The van der Waals surface area contributed by atoms with Gasteiger partial charge in [0.1, 0.15) is 22.0 Å². The van der Waals surface area contributed by atoms with Crippen molar-refractivity contribution in [3.05, 3.63) is 47.4 Å². The zero-order chi connectivity index (χ0) is 15.5. The summed E-state index contributed by atoms with van der Waals surface area (Å²) in [7, 11) is 0. The Morgan fingerprint density at radius 3 is 2.86 bits per heavy atom. The number of fused-ring (bicyclic) bond motifs is 1. The predicted molar refractivity (Wildman–Crippen MR) is 87.9 cm³/mol. The van der Waals surface area contributed by atoms with Crippen molar-refractivity contribution >= 4 is 44.9 Å². The highest BCUT2D eigenvalue weighted by molar-refractivity contribution is 8.00. The van der Waals surface area contributed by atoms with Crippen molar-refractivity contribution in [1.29, 1.82) is 0 Å². The third-order valence-electron chi connectivity index (χ3n) is 2.88. The van der Waals surface area contributed by atoms with E-state index < -0.39 is 0 Å². The van der Waals surface area contributed by atoms with Gasteiger partial charge in [-0.3, -0.25) is 4.79 Å². The molecule has 1 amide bonds. The molecule has 0 bridgehead atoms. The third kappa shape index (κ3) is 3.42. The number of benzene rings is 1. The zero-order valence-electron chi connectivity index (χ0n) is 11.7. The van der Waals surface area contributed by atoms with Gasteiger partial charge < -0.3 is 5.32 Å². The molecule has 2 aromatic heterocycles. The molecular formula is C15H12FN3OS2. The Hall–Kier alpha value is -1.99. The molecule has 2 heterocycles. The van der Waals surface area contributed by atoms with E-state index in [1.54, 1.807) is 11.3 Å². The van der Waals surface area contributed by atoms with Crippen molar-refractivity contribution in [2.24, 2.45) is 0 Å². The molecule has 0 aliphatic heterocycles. The molecule has 0 saturated carbocycles. The number of rotatable bonds is 4. The summed E-state index contributed by atoms with van der Waals surface area (Å²) in [5.41, 5.74) is 0.575. The van der Waals surface area contributed by atoms with E-state index in [1.807, 2.05) is 13.0 Å². The van der Waals surface area contributed by atoms with Crippen molar-refractivity contribution in [2.75, 3.05) is 11.1 Å². The summed E-state index contributed by atoms with van der Waals surface area (Å²) in [6, 6.07) is 7.71. The van der Waals surface area contributed by atoms with Gasteiger partial charge in [0.05, 0.1) is 5.75 Å². The molecule has 0 saturated heterocycles. The fraction of sp³-hybridized carbons (Fsp3) is 0.133. The number of hydrogen-bond donors (Lipinski definition) is 1. The standard InChI is InChI=1S/C15H12FN3OS2/c1-9-6-12-14(17-8-18-15(12)22-9)21-7-13(20)19-11-4-2-10(16)3-5-11/h2-6,8H,7H2,1H3,(H,19,20). The Bertz CT molecular complexity index is 817. The Labute approximate surface area is 134 Å². The van der Waals surface area contributed by atoms with Gasteiger partial charge in [-0.25, -0.2) is 14.4 Å². The minimum absolute atomic E-state index is 0.157. The van der Waals surface area contributed by atoms with E-state index in [4.69, 9.17) is 0 Å². The first-order chi connectivity index (χ1) is 10.6. The van der Waals surface area contributed by atoms with Crippen LogP contribution >= 0.6 is 23.1 Å². The highest BCUT2D eigenvalue weighted by atomic mass is 32.2. The summed E-state index contributed by atoms with van der Waals surface area (Å²) in [5, 5.41) is 4.50. The van der Waals surface area contributed by atoms with Crippen LogP contribution in [0.2, 0.25) is 0 Å². The quantitative estimate of drug-likeness (QED) is 0.582. The number of nitrogens with one attached hydrogen (secondary N) is 1. The Morgan fingerprint density at radius 2 is 2.09 bits per heavy atom. The van der Waals surface area contributed by atoms with E-state index in [-0.39, 0.29) is 17.5 Å². The first-order valence-electron chi connectivity index (χ1n) is 6.51. The first kappa shape index (κ1) is 14.9. The van der Waals surface area contributed by atoms with E-state index in [2.05, 4.69) is 15.3 Å². The van der Waals surface area contributed by atoms with Crippen molar-refractivity contribution in [1.82, 2.24) is 9.97 Å². The van der Waals surface area contributed by atoms with Crippen LogP contribution in [-0.2, 0) is 4.79 Å². The lowest BCUT2D eigenvalue weighted by atomic mass is 10.3. The van der Waals surface area contributed by atoms with Gasteiger partial charge in [0, 0.05) is 16.0 Å². The van der Waals surface area contributed by atoms with Crippen LogP contribution in [-0.4, -0.2) is 21.6 Å². The summed E-state index contributed by atoms with van der Waals surface area (Å²) >= 11 is 2.97. The lowest BCUT2D eigenvalue weighted by Crippen LogP contribution is -2.14. The van der Waals surface area contributed by atoms with E-state index in [9.17, 15) is 9.18 Å². The zero-order valence-corrected chi connectivity index (χ0v) is 13.3. The number of aromatic nitrogens is 2. The number of amides is 1. The van der Waals surface area contributed by atoms with Crippen molar-refractivity contribution in [3.63, 3.8) is 0 Å². The van der Waals surface area contributed by atoms with Gasteiger partial charge in [0.15, 0.2) is 0 Å². The number of hydrogen-bond acceptors (Lipinski definition) is 5. The largest absolute Gasteiger partial charge is 0.325 e. The molecule has 1 aromatic carbocycles. The Kier molecular flexibility index (Phi) is 4.35. The Morgan fingerprint density at radius 1 is 1.32 bits per heavy atom. The van der Waals surface area contributed by atoms with E-state index in [1.165, 1.54) is 42.4 Å². The number of aryl methyl sites for hydroxylation is 1.